The summed E-state index contributed by atoms with van der Waals surface area (Å²) in [6.45, 7) is 6.50. The highest BCUT2D eigenvalue weighted by molar-refractivity contribution is 5.71. The van der Waals surface area contributed by atoms with Crippen molar-refractivity contribution in [3.63, 3.8) is 0 Å². The van der Waals surface area contributed by atoms with Crippen molar-refractivity contribution < 1.29 is 28.6 Å². The molecule has 0 aliphatic carbocycles. The van der Waals surface area contributed by atoms with E-state index in [1.165, 1.54) is 103 Å². The highest BCUT2D eigenvalue weighted by Gasteiger charge is 2.19. The summed E-state index contributed by atoms with van der Waals surface area (Å²) < 4.78 is 16.8. The van der Waals surface area contributed by atoms with E-state index in [-0.39, 0.29) is 31.1 Å². The lowest BCUT2D eigenvalue weighted by atomic mass is 10.0. The zero-order valence-electron chi connectivity index (χ0n) is 42.7. The summed E-state index contributed by atoms with van der Waals surface area (Å²) in [5.74, 6) is -0.906. The average Bonchev–Trinajstić information content (AvgIpc) is 3.30. The number of allylic oxidation sites excluding steroid dienone is 12. The number of esters is 3. The molecule has 65 heavy (non-hydrogen) atoms. The standard InChI is InChI=1S/C59H102O6/c1-4-7-10-13-16-19-22-25-27-28-29-30-31-32-33-35-37-40-43-46-49-52-58(61)64-55-56(54-63-57(60)51-48-45-42-39-36-24-21-18-15-12-9-6-3)65-59(62)53-50-47-44-41-38-34-26-23-20-17-14-11-8-5-2/h7,10,16,19,23,25-27,29-30,32-33,56H,4-6,8-9,11-15,17-18,20-22,24,28,31,34-55H2,1-3H3/b10-7-,19-16-,26-23-,27-25-,30-29-,33-32-. The van der Waals surface area contributed by atoms with Crippen LogP contribution < -0.4 is 0 Å². The Morgan fingerprint density at radius 1 is 0.323 bits per heavy atom. The summed E-state index contributed by atoms with van der Waals surface area (Å²) in [7, 11) is 0. The Balaban J connectivity index is 4.39. The molecule has 1 atom stereocenters. The van der Waals surface area contributed by atoms with Crippen molar-refractivity contribution in [3.05, 3.63) is 72.9 Å². The summed E-state index contributed by atoms with van der Waals surface area (Å²) >= 11 is 0. The third kappa shape index (κ3) is 51.7. The maximum Gasteiger partial charge on any atom is 0.306 e. The zero-order chi connectivity index (χ0) is 47.2. The van der Waals surface area contributed by atoms with Gasteiger partial charge in [0.1, 0.15) is 13.2 Å². The molecule has 0 radical (unpaired) electrons. The number of ether oxygens (including phenoxy) is 3. The minimum atomic E-state index is -0.785. The van der Waals surface area contributed by atoms with E-state index in [0.717, 1.165) is 122 Å². The van der Waals surface area contributed by atoms with Crippen LogP contribution in [0.15, 0.2) is 72.9 Å². The van der Waals surface area contributed by atoms with Crippen LogP contribution in [0.3, 0.4) is 0 Å². The van der Waals surface area contributed by atoms with Gasteiger partial charge in [-0.3, -0.25) is 14.4 Å². The van der Waals surface area contributed by atoms with E-state index in [4.69, 9.17) is 14.2 Å². The van der Waals surface area contributed by atoms with Gasteiger partial charge < -0.3 is 14.2 Å². The fourth-order valence-electron chi connectivity index (χ4n) is 7.58. The lowest BCUT2D eigenvalue weighted by Crippen LogP contribution is -2.30. The van der Waals surface area contributed by atoms with E-state index < -0.39 is 6.10 Å². The van der Waals surface area contributed by atoms with E-state index in [1.807, 2.05) is 0 Å². The molecule has 0 fully saturated rings. The summed E-state index contributed by atoms with van der Waals surface area (Å²) in [6.07, 6.45) is 67.4. The molecule has 0 bridgehead atoms. The van der Waals surface area contributed by atoms with Gasteiger partial charge in [0.25, 0.3) is 0 Å². The Hall–Kier alpha value is -3.15. The SMILES string of the molecule is CC/C=C\C/C=C\C/C=C\C/C=C\C/C=C\CCCCCCCC(=O)OCC(COC(=O)CCCCCCCCCCCCCC)OC(=O)CCCCCCC/C=C\CCCCCCC. The molecule has 374 valence electrons. The molecule has 0 aromatic rings. The normalized spacial score (nSPS) is 12.6. The third-order valence-electron chi connectivity index (χ3n) is 11.7. The number of hydrogen-bond acceptors (Lipinski definition) is 6. The van der Waals surface area contributed by atoms with Crippen molar-refractivity contribution in [2.24, 2.45) is 0 Å². The molecule has 0 saturated heterocycles. The number of rotatable bonds is 49. The van der Waals surface area contributed by atoms with Gasteiger partial charge in [-0.1, -0.05) is 229 Å². The van der Waals surface area contributed by atoms with Gasteiger partial charge in [0.15, 0.2) is 6.10 Å². The van der Waals surface area contributed by atoms with Gasteiger partial charge in [0.2, 0.25) is 0 Å². The van der Waals surface area contributed by atoms with Crippen LogP contribution in [0, 0.1) is 0 Å². The third-order valence-corrected chi connectivity index (χ3v) is 11.7. The number of unbranched alkanes of at least 4 members (excludes halogenated alkanes) is 26. The van der Waals surface area contributed by atoms with E-state index in [0.29, 0.717) is 19.3 Å². The first-order valence-corrected chi connectivity index (χ1v) is 27.4. The Morgan fingerprint density at radius 3 is 0.954 bits per heavy atom. The second-order valence-electron chi connectivity index (χ2n) is 18.1. The molecule has 0 aromatic heterocycles. The predicted octanol–water partition coefficient (Wildman–Crippen LogP) is 18.2. The molecular formula is C59H102O6. The van der Waals surface area contributed by atoms with Gasteiger partial charge in [0.05, 0.1) is 0 Å². The quantitative estimate of drug-likeness (QED) is 0.0262. The van der Waals surface area contributed by atoms with Crippen molar-refractivity contribution >= 4 is 17.9 Å². The smallest absolute Gasteiger partial charge is 0.306 e. The second kappa shape index (κ2) is 53.5. The Labute approximate surface area is 402 Å². The molecule has 0 saturated carbocycles. The highest BCUT2D eigenvalue weighted by atomic mass is 16.6. The van der Waals surface area contributed by atoms with Crippen LogP contribution >= 0.6 is 0 Å². The number of carbonyl (C=O) groups excluding carboxylic acids is 3. The molecule has 6 nitrogen and oxygen atoms in total. The lowest BCUT2D eigenvalue weighted by Gasteiger charge is -2.18. The predicted molar refractivity (Wildman–Crippen MR) is 279 cm³/mol. The molecule has 0 heterocycles. The molecule has 0 spiro atoms. The largest absolute Gasteiger partial charge is 0.462 e. The molecule has 0 N–H and O–H groups in total. The Kier molecular flexibility index (Phi) is 50.9. The summed E-state index contributed by atoms with van der Waals surface area (Å²) in [5.41, 5.74) is 0. The van der Waals surface area contributed by atoms with Crippen molar-refractivity contribution in [1.82, 2.24) is 0 Å². The maximum atomic E-state index is 12.8. The maximum absolute atomic E-state index is 12.8. The molecule has 0 amide bonds. The molecule has 0 aliphatic rings. The minimum absolute atomic E-state index is 0.0831. The first-order valence-electron chi connectivity index (χ1n) is 27.4. The number of carbonyl (C=O) groups is 3. The van der Waals surface area contributed by atoms with Gasteiger partial charge in [-0.15, -0.1) is 0 Å². The van der Waals surface area contributed by atoms with Crippen LogP contribution in [0.2, 0.25) is 0 Å². The molecular weight excluding hydrogens is 805 g/mol. The van der Waals surface area contributed by atoms with Crippen molar-refractivity contribution in [3.8, 4) is 0 Å². The topological polar surface area (TPSA) is 78.9 Å². The fourth-order valence-corrected chi connectivity index (χ4v) is 7.58. The van der Waals surface area contributed by atoms with Crippen LogP contribution in [0.1, 0.15) is 265 Å². The van der Waals surface area contributed by atoms with Crippen molar-refractivity contribution in [1.29, 1.82) is 0 Å². The van der Waals surface area contributed by atoms with E-state index in [2.05, 4.69) is 93.7 Å². The van der Waals surface area contributed by atoms with E-state index in [1.54, 1.807) is 0 Å². The van der Waals surface area contributed by atoms with Gasteiger partial charge in [-0.25, -0.2) is 0 Å². The Bertz CT molecular complexity index is 1230. The molecule has 1 unspecified atom stereocenters. The summed E-state index contributed by atoms with van der Waals surface area (Å²) in [5, 5.41) is 0. The average molecular weight is 907 g/mol. The monoisotopic (exact) mass is 907 g/mol. The van der Waals surface area contributed by atoms with Crippen LogP contribution in [-0.4, -0.2) is 37.2 Å². The van der Waals surface area contributed by atoms with Gasteiger partial charge >= 0.3 is 17.9 Å². The van der Waals surface area contributed by atoms with Crippen molar-refractivity contribution in [2.75, 3.05) is 13.2 Å². The first kappa shape index (κ1) is 61.9. The second-order valence-corrected chi connectivity index (χ2v) is 18.1. The molecule has 6 heteroatoms. The van der Waals surface area contributed by atoms with Crippen LogP contribution in [0.5, 0.6) is 0 Å². The van der Waals surface area contributed by atoms with Crippen LogP contribution in [0.4, 0.5) is 0 Å². The van der Waals surface area contributed by atoms with Crippen LogP contribution in [-0.2, 0) is 28.6 Å². The van der Waals surface area contributed by atoms with Crippen LogP contribution in [0.25, 0.3) is 0 Å². The molecule has 0 aromatic carbocycles. The van der Waals surface area contributed by atoms with E-state index in [9.17, 15) is 14.4 Å². The lowest BCUT2D eigenvalue weighted by molar-refractivity contribution is -0.167. The van der Waals surface area contributed by atoms with Crippen molar-refractivity contribution in [2.45, 2.75) is 271 Å². The highest BCUT2D eigenvalue weighted by Crippen LogP contribution is 2.15. The molecule has 0 aliphatic heterocycles. The zero-order valence-corrected chi connectivity index (χ0v) is 42.7. The van der Waals surface area contributed by atoms with Gasteiger partial charge in [-0.2, -0.15) is 0 Å². The number of hydrogen-bond donors (Lipinski definition) is 0. The van der Waals surface area contributed by atoms with E-state index >= 15 is 0 Å². The summed E-state index contributed by atoms with van der Waals surface area (Å²) in [4.78, 5) is 38.0. The fraction of sp³-hybridized carbons (Fsp3) is 0.746. The van der Waals surface area contributed by atoms with Gasteiger partial charge in [0, 0.05) is 19.3 Å². The Morgan fingerprint density at radius 2 is 0.600 bits per heavy atom. The first-order chi connectivity index (χ1) is 32.0. The summed E-state index contributed by atoms with van der Waals surface area (Å²) in [6, 6.07) is 0. The molecule has 0 rings (SSSR count). The minimum Gasteiger partial charge on any atom is -0.462 e. The van der Waals surface area contributed by atoms with Gasteiger partial charge in [-0.05, 0) is 89.9 Å².